The Morgan fingerprint density at radius 3 is 2.53 bits per heavy atom. The van der Waals surface area contributed by atoms with E-state index >= 15 is 0 Å². The second-order valence-corrected chi connectivity index (χ2v) is 4.66. The fourth-order valence-corrected chi connectivity index (χ4v) is 2.22. The van der Waals surface area contributed by atoms with Gasteiger partial charge in [0.05, 0.1) is 25.3 Å². The van der Waals surface area contributed by atoms with E-state index in [0.29, 0.717) is 43.1 Å². The van der Waals surface area contributed by atoms with Crippen LogP contribution >= 0.6 is 0 Å². The van der Waals surface area contributed by atoms with E-state index in [1.54, 1.807) is 25.3 Å². The molecule has 0 radical (unpaired) electrons. The van der Waals surface area contributed by atoms with Crippen LogP contribution in [0.5, 0.6) is 11.5 Å². The van der Waals surface area contributed by atoms with Crippen molar-refractivity contribution in [1.29, 1.82) is 0 Å². The van der Waals surface area contributed by atoms with Gasteiger partial charge in [-0.2, -0.15) is 0 Å². The van der Waals surface area contributed by atoms with Gasteiger partial charge in [-0.25, -0.2) is 0 Å². The number of nitrogens with two attached hydrogens (primary N) is 1. The third-order valence-corrected chi connectivity index (χ3v) is 3.49. The van der Waals surface area contributed by atoms with Gasteiger partial charge in [0.25, 0.3) is 0 Å². The maximum atomic E-state index is 12.7. The number of ether oxygens (including phenoxy) is 3. The van der Waals surface area contributed by atoms with Crippen molar-refractivity contribution in [2.75, 3.05) is 27.4 Å². The lowest BCUT2D eigenvalue weighted by Crippen LogP contribution is -2.52. The van der Waals surface area contributed by atoms with Crippen LogP contribution < -0.4 is 15.2 Å². The normalized spacial score (nSPS) is 17.8. The summed E-state index contributed by atoms with van der Waals surface area (Å²) in [6.45, 7) is 1.02. The molecule has 0 aromatic heterocycles. The van der Waals surface area contributed by atoms with E-state index < -0.39 is 5.54 Å². The molecular formula is C14H19NO4. The Kier molecular flexibility index (Phi) is 4.07. The molecule has 19 heavy (non-hydrogen) atoms. The van der Waals surface area contributed by atoms with E-state index in [1.807, 2.05) is 0 Å². The molecular weight excluding hydrogens is 246 g/mol. The summed E-state index contributed by atoms with van der Waals surface area (Å²) in [7, 11) is 3.09. The van der Waals surface area contributed by atoms with Gasteiger partial charge in [-0.05, 0) is 31.0 Å². The molecule has 1 heterocycles. The Morgan fingerprint density at radius 2 is 1.95 bits per heavy atom. The van der Waals surface area contributed by atoms with Crippen molar-refractivity contribution < 1.29 is 19.0 Å². The van der Waals surface area contributed by atoms with Crippen LogP contribution in [0.2, 0.25) is 0 Å². The lowest BCUT2D eigenvalue weighted by Gasteiger charge is -2.32. The molecule has 104 valence electrons. The summed E-state index contributed by atoms with van der Waals surface area (Å²) >= 11 is 0. The van der Waals surface area contributed by atoms with Crippen molar-refractivity contribution in [1.82, 2.24) is 0 Å². The molecule has 0 unspecified atom stereocenters. The summed E-state index contributed by atoms with van der Waals surface area (Å²) in [6.07, 6.45) is 1.04. The highest BCUT2D eigenvalue weighted by Crippen LogP contribution is 2.30. The summed E-state index contributed by atoms with van der Waals surface area (Å²) in [6, 6.07) is 5.14. The van der Waals surface area contributed by atoms with Crippen molar-refractivity contribution in [3.8, 4) is 11.5 Å². The molecule has 1 aromatic rings. The highest BCUT2D eigenvalue weighted by Gasteiger charge is 2.37. The first-order valence-corrected chi connectivity index (χ1v) is 6.24. The van der Waals surface area contributed by atoms with Crippen LogP contribution in [0, 0.1) is 0 Å². The quantitative estimate of drug-likeness (QED) is 0.833. The molecule has 1 aliphatic rings. The van der Waals surface area contributed by atoms with Crippen LogP contribution in [0.3, 0.4) is 0 Å². The predicted octanol–water partition coefficient (Wildman–Crippen LogP) is 1.39. The first-order valence-electron chi connectivity index (χ1n) is 6.24. The van der Waals surface area contributed by atoms with Gasteiger partial charge in [0.2, 0.25) is 0 Å². The average Bonchev–Trinajstić information content (AvgIpc) is 2.46. The second kappa shape index (κ2) is 5.59. The highest BCUT2D eigenvalue weighted by atomic mass is 16.5. The number of rotatable bonds is 4. The van der Waals surface area contributed by atoms with Gasteiger partial charge in [0, 0.05) is 13.2 Å². The van der Waals surface area contributed by atoms with Crippen LogP contribution in [0.4, 0.5) is 0 Å². The Bertz CT molecular complexity index is 467. The van der Waals surface area contributed by atoms with Gasteiger partial charge >= 0.3 is 0 Å². The first-order chi connectivity index (χ1) is 9.10. The van der Waals surface area contributed by atoms with Crippen LogP contribution in [-0.2, 0) is 4.74 Å². The van der Waals surface area contributed by atoms with Crippen molar-refractivity contribution in [3.63, 3.8) is 0 Å². The first kappa shape index (κ1) is 13.8. The Labute approximate surface area is 112 Å². The van der Waals surface area contributed by atoms with E-state index in [0.717, 1.165) is 0 Å². The molecule has 5 heteroatoms. The predicted molar refractivity (Wildman–Crippen MR) is 70.8 cm³/mol. The molecule has 1 saturated heterocycles. The Hall–Kier alpha value is -1.59. The zero-order valence-corrected chi connectivity index (χ0v) is 11.3. The zero-order valence-electron chi connectivity index (χ0n) is 11.3. The molecule has 0 bridgehead atoms. The van der Waals surface area contributed by atoms with E-state index in [4.69, 9.17) is 19.9 Å². The summed E-state index contributed by atoms with van der Waals surface area (Å²) in [4.78, 5) is 12.7. The summed E-state index contributed by atoms with van der Waals surface area (Å²) < 4.78 is 15.7. The minimum absolute atomic E-state index is 0.119. The van der Waals surface area contributed by atoms with E-state index in [2.05, 4.69) is 0 Å². The zero-order chi connectivity index (χ0) is 13.9. The number of carbonyl (C=O) groups excluding carboxylic acids is 1. The summed E-state index contributed by atoms with van der Waals surface area (Å²) in [5.74, 6) is 1.01. The van der Waals surface area contributed by atoms with Crippen molar-refractivity contribution in [2.24, 2.45) is 5.73 Å². The maximum Gasteiger partial charge on any atom is 0.186 e. The molecule has 1 aliphatic heterocycles. The van der Waals surface area contributed by atoms with Crippen LogP contribution in [0.15, 0.2) is 18.2 Å². The Balaban J connectivity index is 2.36. The molecule has 0 spiro atoms. The van der Waals surface area contributed by atoms with Gasteiger partial charge in [0.1, 0.15) is 11.5 Å². The van der Waals surface area contributed by atoms with E-state index in [9.17, 15) is 4.79 Å². The average molecular weight is 265 g/mol. The molecule has 5 nitrogen and oxygen atoms in total. The van der Waals surface area contributed by atoms with Crippen molar-refractivity contribution in [2.45, 2.75) is 18.4 Å². The lowest BCUT2D eigenvalue weighted by atomic mass is 9.83. The number of carbonyl (C=O) groups is 1. The standard InChI is InChI=1S/C14H19NO4/c1-17-10-3-4-12(18-2)11(9-10)13(16)14(15)5-7-19-8-6-14/h3-4,9H,5-8,15H2,1-2H3. The number of hydrogen-bond acceptors (Lipinski definition) is 5. The lowest BCUT2D eigenvalue weighted by molar-refractivity contribution is 0.0446. The molecule has 2 rings (SSSR count). The highest BCUT2D eigenvalue weighted by molar-refractivity contribution is 6.05. The topological polar surface area (TPSA) is 70.8 Å². The third kappa shape index (κ3) is 2.72. The molecule has 2 N–H and O–H groups in total. The minimum atomic E-state index is -0.877. The molecule has 0 aliphatic carbocycles. The molecule has 0 amide bonds. The van der Waals surface area contributed by atoms with Gasteiger partial charge in [-0.1, -0.05) is 0 Å². The maximum absolute atomic E-state index is 12.7. The largest absolute Gasteiger partial charge is 0.497 e. The number of methoxy groups -OCH3 is 2. The SMILES string of the molecule is COc1ccc(OC)c(C(=O)C2(N)CCOCC2)c1. The van der Waals surface area contributed by atoms with Gasteiger partial charge in [-0.15, -0.1) is 0 Å². The molecule has 0 saturated carbocycles. The minimum Gasteiger partial charge on any atom is -0.497 e. The number of Topliss-reactive ketones (excluding diaryl/α,β-unsaturated/α-hetero) is 1. The van der Waals surface area contributed by atoms with Crippen LogP contribution in [0.25, 0.3) is 0 Å². The van der Waals surface area contributed by atoms with Crippen molar-refractivity contribution >= 4 is 5.78 Å². The fourth-order valence-electron chi connectivity index (χ4n) is 2.22. The van der Waals surface area contributed by atoms with Gasteiger partial charge < -0.3 is 19.9 Å². The molecule has 0 atom stereocenters. The van der Waals surface area contributed by atoms with Crippen LogP contribution in [0.1, 0.15) is 23.2 Å². The van der Waals surface area contributed by atoms with Gasteiger partial charge in [0.15, 0.2) is 5.78 Å². The molecule has 1 aromatic carbocycles. The number of ketones is 1. The number of hydrogen-bond donors (Lipinski definition) is 1. The van der Waals surface area contributed by atoms with Crippen molar-refractivity contribution in [3.05, 3.63) is 23.8 Å². The second-order valence-electron chi connectivity index (χ2n) is 4.66. The summed E-state index contributed by atoms with van der Waals surface area (Å²) in [5, 5.41) is 0. The van der Waals surface area contributed by atoms with E-state index in [1.165, 1.54) is 7.11 Å². The van der Waals surface area contributed by atoms with E-state index in [-0.39, 0.29) is 5.78 Å². The fraction of sp³-hybridized carbons (Fsp3) is 0.500. The number of benzene rings is 1. The van der Waals surface area contributed by atoms with Gasteiger partial charge in [-0.3, -0.25) is 4.79 Å². The van der Waals surface area contributed by atoms with Crippen LogP contribution in [-0.4, -0.2) is 38.8 Å². The third-order valence-electron chi connectivity index (χ3n) is 3.49. The monoisotopic (exact) mass is 265 g/mol. The molecule has 1 fully saturated rings. The Morgan fingerprint density at radius 1 is 1.26 bits per heavy atom. The summed E-state index contributed by atoms with van der Waals surface area (Å²) in [5.41, 5.74) is 5.81. The smallest absolute Gasteiger partial charge is 0.186 e.